The van der Waals surface area contributed by atoms with Crippen molar-refractivity contribution in [1.29, 1.82) is 0 Å². The first-order valence-corrected chi connectivity index (χ1v) is 8.11. The average molecular weight is 381 g/mol. The van der Waals surface area contributed by atoms with Gasteiger partial charge in [-0.15, -0.1) is 0 Å². The smallest absolute Gasteiger partial charge is 0.422 e. The molecular formula is C19H18F3NO4. The highest BCUT2D eigenvalue weighted by Crippen LogP contribution is 2.19. The number of rotatable bonds is 8. The van der Waals surface area contributed by atoms with Gasteiger partial charge < -0.3 is 15.2 Å². The van der Waals surface area contributed by atoms with E-state index in [-0.39, 0.29) is 30.2 Å². The second kappa shape index (κ2) is 9.07. The van der Waals surface area contributed by atoms with Gasteiger partial charge in [0.2, 0.25) is 5.91 Å². The molecule has 2 aromatic rings. The molecule has 2 aromatic carbocycles. The van der Waals surface area contributed by atoms with E-state index in [2.05, 4.69) is 10.1 Å². The van der Waals surface area contributed by atoms with Crippen LogP contribution in [0.15, 0.2) is 48.5 Å². The number of alkyl halides is 3. The molecular weight excluding hydrogens is 363 g/mol. The van der Waals surface area contributed by atoms with Crippen molar-refractivity contribution in [3.63, 3.8) is 0 Å². The molecule has 5 nitrogen and oxygen atoms in total. The van der Waals surface area contributed by atoms with Crippen molar-refractivity contribution in [3.05, 3.63) is 65.2 Å². The molecule has 0 saturated heterocycles. The third-order valence-electron chi connectivity index (χ3n) is 3.68. The SMILES string of the molecule is O=C(CCc1ccccc1C(=O)O)NCc1ccc(OCC(F)(F)F)cc1. The molecule has 144 valence electrons. The number of carbonyl (C=O) groups is 2. The standard InChI is InChI=1S/C19H18F3NO4/c20-19(21,22)12-27-15-8-5-13(6-9-15)11-23-17(24)10-7-14-3-1-2-4-16(14)18(25)26/h1-6,8-9H,7,10-12H2,(H,23,24)(H,25,26). The van der Waals surface area contributed by atoms with Crippen LogP contribution in [0, 0.1) is 0 Å². The highest BCUT2D eigenvalue weighted by atomic mass is 19.4. The van der Waals surface area contributed by atoms with E-state index < -0.39 is 18.8 Å². The Bertz CT molecular complexity index is 788. The van der Waals surface area contributed by atoms with Gasteiger partial charge in [-0.1, -0.05) is 30.3 Å². The van der Waals surface area contributed by atoms with Crippen LogP contribution in [0.3, 0.4) is 0 Å². The van der Waals surface area contributed by atoms with Gasteiger partial charge in [-0.2, -0.15) is 13.2 Å². The van der Waals surface area contributed by atoms with Crippen LogP contribution in [0.2, 0.25) is 0 Å². The van der Waals surface area contributed by atoms with Gasteiger partial charge in [0.1, 0.15) is 5.75 Å². The first kappa shape index (κ1) is 20.3. The zero-order valence-corrected chi connectivity index (χ0v) is 14.3. The first-order valence-electron chi connectivity index (χ1n) is 8.11. The number of carboxylic acid groups (broad SMARTS) is 1. The quantitative estimate of drug-likeness (QED) is 0.733. The summed E-state index contributed by atoms with van der Waals surface area (Å²) in [5.41, 5.74) is 1.44. The Kier molecular flexibility index (Phi) is 6.81. The summed E-state index contributed by atoms with van der Waals surface area (Å²) in [6.07, 6.45) is -3.98. The second-order valence-electron chi connectivity index (χ2n) is 5.79. The monoisotopic (exact) mass is 381 g/mol. The number of halogens is 3. The Labute approximate surface area is 153 Å². The molecule has 0 radical (unpaired) electrons. The summed E-state index contributed by atoms with van der Waals surface area (Å²) in [5, 5.41) is 11.8. The van der Waals surface area contributed by atoms with Gasteiger partial charge in [0, 0.05) is 13.0 Å². The minimum atomic E-state index is -4.40. The number of carbonyl (C=O) groups excluding carboxylic acids is 1. The normalized spacial score (nSPS) is 11.1. The molecule has 0 spiro atoms. The van der Waals surface area contributed by atoms with Crippen LogP contribution < -0.4 is 10.1 Å². The Morgan fingerprint density at radius 1 is 1.04 bits per heavy atom. The fourth-order valence-corrected chi connectivity index (χ4v) is 2.35. The van der Waals surface area contributed by atoms with E-state index in [1.807, 2.05) is 0 Å². The van der Waals surface area contributed by atoms with Crippen LogP contribution >= 0.6 is 0 Å². The fourth-order valence-electron chi connectivity index (χ4n) is 2.35. The maximum atomic E-state index is 12.1. The zero-order valence-electron chi connectivity index (χ0n) is 14.3. The van der Waals surface area contributed by atoms with Gasteiger partial charge in [-0.3, -0.25) is 4.79 Å². The molecule has 0 aromatic heterocycles. The summed E-state index contributed by atoms with van der Waals surface area (Å²) in [6.45, 7) is -1.15. The molecule has 8 heteroatoms. The van der Waals surface area contributed by atoms with Gasteiger partial charge in [0.25, 0.3) is 0 Å². The summed E-state index contributed by atoms with van der Waals surface area (Å²) < 4.78 is 40.9. The number of carboxylic acids is 1. The van der Waals surface area contributed by atoms with Crippen LogP contribution in [-0.4, -0.2) is 29.8 Å². The van der Waals surface area contributed by atoms with Crippen LogP contribution in [0.5, 0.6) is 5.75 Å². The minimum Gasteiger partial charge on any atom is -0.484 e. The van der Waals surface area contributed by atoms with Gasteiger partial charge in [-0.05, 0) is 35.7 Å². The van der Waals surface area contributed by atoms with E-state index in [1.165, 1.54) is 18.2 Å². The van der Waals surface area contributed by atoms with Crippen molar-refractivity contribution in [2.75, 3.05) is 6.61 Å². The first-order chi connectivity index (χ1) is 12.7. The van der Waals surface area contributed by atoms with E-state index in [0.29, 0.717) is 17.5 Å². The van der Waals surface area contributed by atoms with E-state index in [9.17, 15) is 22.8 Å². The highest BCUT2D eigenvalue weighted by Gasteiger charge is 2.28. The van der Waals surface area contributed by atoms with E-state index in [1.54, 1.807) is 30.3 Å². The van der Waals surface area contributed by atoms with Crippen molar-refractivity contribution < 1.29 is 32.6 Å². The van der Waals surface area contributed by atoms with E-state index in [0.717, 1.165) is 0 Å². The van der Waals surface area contributed by atoms with Crippen LogP contribution in [0.4, 0.5) is 13.2 Å². The number of nitrogens with one attached hydrogen (secondary N) is 1. The molecule has 0 saturated carbocycles. The van der Waals surface area contributed by atoms with E-state index >= 15 is 0 Å². The summed E-state index contributed by atoms with van der Waals surface area (Å²) in [7, 11) is 0. The van der Waals surface area contributed by atoms with Crippen molar-refractivity contribution in [2.45, 2.75) is 25.6 Å². The topological polar surface area (TPSA) is 75.6 Å². The molecule has 0 heterocycles. The molecule has 0 bridgehead atoms. The highest BCUT2D eigenvalue weighted by molar-refractivity contribution is 5.89. The number of aryl methyl sites for hydroxylation is 1. The van der Waals surface area contributed by atoms with Gasteiger partial charge in [-0.25, -0.2) is 4.79 Å². The second-order valence-corrected chi connectivity index (χ2v) is 5.79. The predicted octanol–water partition coefficient (Wildman–Crippen LogP) is 3.57. The molecule has 0 aliphatic carbocycles. The number of aromatic carboxylic acids is 1. The lowest BCUT2D eigenvalue weighted by Crippen LogP contribution is -2.23. The minimum absolute atomic E-state index is 0.0904. The lowest BCUT2D eigenvalue weighted by atomic mass is 10.0. The third-order valence-corrected chi connectivity index (χ3v) is 3.68. The molecule has 0 unspecified atom stereocenters. The summed E-state index contributed by atoms with van der Waals surface area (Å²) in [6, 6.07) is 12.4. The summed E-state index contributed by atoms with van der Waals surface area (Å²) >= 11 is 0. The maximum absolute atomic E-state index is 12.1. The van der Waals surface area contributed by atoms with Gasteiger partial charge in [0.05, 0.1) is 5.56 Å². The van der Waals surface area contributed by atoms with Crippen LogP contribution in [-0.2, 0) is 17.8 Å². The molecule has 27 heavy (non-hydrogen) atoms. The number of hydrogen-bond acceptors (Lipinski definition) is 3. The average Bonchev–Trinajstić information content (AvgIpc) is 2.63. The Hall–Kier alpha value is -3.03. The fraction of sp³-hybridized carbons (Fsp3) is 0.263. The van der Waals surface area contributed by atoms with Crippen molar-refractivity contribution in [2.24, 2.45) is 0 Å². The van der Waals surface area contributed by atoms with Gasteiger partial charge in [0.15, 0.2) is 6.61 Å². The van der Waals surface area contributed by atoms with E-state index in [4.69, 9.17) is 5.11 Å². The summed E-state index contributed by atoms with van der Waals surface area (Å²) in [5.74, 6) is -1.21. The Morgan fingerprint density at radius 3 is 2.33 bits per heavy atom. The molecule has 0 fully saturated rings. The lowest BCUT2D eigenvalue weighted by Gasteiger charge is -2.10. The molecule has 0 atom stereocenters. The lowest BCUT2D eigenvalue weighted by molar-refractivity contribution is -0.153. The Morgan fingerprint density at radius 2 is 1.70 bits per heavy atom. The largest absolute Gasteiger partial charge is 0.484 e. The van der Waals surface area contributed by atoms with Crippen molar-refractivity contribution >= 4 is 11.9 Å². The zero-order chi connectivity index (χ0) is 19.9. The Balaban J connectivity index is 1.80. The number of hydrogen-bond donors (Lipinski definition) is 2. The van der Waals surface area contributed by atoms with Crippen LogP contribution in [0.1, 0.15) is 27.9 Å². The van der Waals surface area contributed by atoms with Crippen molar-refractivity contribution in [3.8, 4) is 5.75 Å². The molecule has 0 aliphatic heterocycles. The molecule has 1 amide bonds. The summed E-state index contributed by atoms with van der Waals surface area (Å²) in [4.78, 5) is 23.1. The number of benzene rings is 2. The molecule has 2 N–H and O–H groups in total. The maximum Gasteiger partial charge on any atom is 0.422 e. The number of ether oxygens (including phenoxy) is 1. The number of amides is 1. The van der Waals surface area contributed by atoms with Gasteiger partial charge >= 0.3 is 12.1 Å². The predicted molar refractivity (Wildman–Crippen MR) is 91.6 cm³/mol. The molecule has 2 rings (SSSR count). The third kappa shape index (κ3) is 7.01. The van der Waals surface area contributed by atoms with Crippen molar-refractivity contribution in [1.82, 2.24) is 5.32 Å². The molecule has 0 aliphatic rings. The van der Waals surface area contributed by atoms with Crippen LogP contribution in [0.25, 0.3) is 0 Å².